The van der Waals surface area contributed by atoms with Crippen molar-refractivity contribution >= 4 is 11.6 Å². The summed E-state index contributed by atoms with van der Waals surface area (Å²) in [6, 6.07) is 12.2. The van der Waals surface area contributed by atoms with Crippen molar-refractivity contribution in [1.82, 2.24) is 4.98 Å². The van der Waals surface area contributed by atoms with Gasteiger partial charge < -0.3 is 5.32 Å². The van der Waals surface area contributed by atoms with E-state index in [1.807, 2.05) is 0 Å². The molecule has 6 heteroatoms. The minimum Gasteiger partial charge on any atom is -0.322 e. The lowest BCUT2D eigenvalue weighted by atomic mass is 10.1. The smallest absolute Gasteiger partial charge is 0.257 e. The second kappa shape index (κ2) is 6.54. The standard InChI is InChI=1S/C18H11F3N2O/c19-14-4-2-1-3-13(14)17-8-5-11(10-22-17)18(24)23-12-6-7-15(20)16(21)9-12/h1-10H,(H,23,24). The summed E-state index contributed by atoms with van der Waals surface area (Å²) in [5.74, 6) is -3.00. The summed E-state index contributed by atoms with van der Waals surface area (Å²) >= 11 is 0. The van der Waals surface area contributed by atoms with E-state index in [0.29, 0.717) is 11.3 Å². The number of hydrogen-bond acceptors (Lipinski definition) is 2. The molecule has 0 bridgehead atoms. The zero-order valence-corrected chi connectivity index (χ0v) is 12.3. The average Bonchev–Trinajstić information content (AvgIpc) is 2.59. The number of amides is 1. The second-order valence-electron chi connectivity index (χ2n) is 4.99. The Labute approximate surface area is 135 Å². The molecule has 0 saturated heterocycles. The topological polar surface area (TPSA) is 42.0 Å². The summed E-state index contributed by atoms with van der Waals surface area (Å²) in [6.45, 7) is 0. The van der Waals surface area contributed by atoms with Crippen LogP contribution < -0.4 is 5.32 Å². The Hall–Kier alpha value is -3.15. The lowest BCUT2D eigenvalue weighted by Crippen LogP contribution is -2.12. The van der Waals surface area contributed by atoms with Gasteiger partial charge in [-0.2, -0.15) is 0 Å². The molecule has 0 aliphatic rings. The molecule has 120 valence electrons. The summed E-state index contributed by atoms with van der Waals surface area (Å²) in [5, 5.41) is 2.44. The van der Waals surface area contributed by atoms with Crippen molar-refractivity contribution in [3.8, 4) is 11.3 Å². The highest BCUT2D eigenvalue weighted by molar-refractivity contribution is 6.04. The van der Waals surface area contributed by atoms with E-state index in [1.54, 1.807) is 18.2 Å². The number of pyridine rings is 1. The third-order valence-electron chi connectivity index (χ3n) is 3.35. The maximum Gasteiger partial charge on any atom is 0.257 e. The first kappa shape index (κ1) is 15.7. The number of hydrogen-bond donors (Lipinski definition) is 1. The molecule has 3 aromatic rings. The molecule has 0 saturated carbocycles. The van der Waals surface area contributed by atoms with Crippen molar-refractivity contribution < 1.29 is 18.0 Å². The van der Waals surface area contributed by atoms with E-state index in [2.05, 4.69) is 10.3 Å². The zero-order valence-electron chi connectivity index (χ0n) is 12.3. The number of nitrogens with one attached hydrogen (secondary N) is 1. The van der Waals surface area contributed by atoms with Crippen LogP contribution in [-0.4, -0.2) is 10.9 Å². The van der Waals surface area contributed by atoms with Crippen molar-refractivity contribution in [3.63, 3.8) is 0 Å². The number of halogens is 3. The lowest BCUT2D eigenvalue weighted by Gasteiger charge is -2.07. The molecule has 0 aliphatic carbocycles. The first-order valence-electron chi connectivity index (χ1n) is 7.02. The van der Waals surface area contributed by atoms with Crippen LogP contribution in [0.5, 0.6) is 0 Å². The van der Waals surface area contributed by atoms with Gasteiger partial charge in [0.1, 0.15) is 5.82 Å². The van der Waals surface area contributed by atoms with E-state index < -0.39 is 23.4 Å². The maximum absolute atomic E-state index is 13.7. The fourth-order valence-corrected chi connectivity index (χ4v) is 2.13. The fourth-order valence-electron chi connectivity index (χ4n) is 2.13. The summed E-state index contributed by atoms with van der Waals surface area (Å²) in [6.07, 6.45) is 1.29. The highest BCUT2D eigenvalue weighted by atomic mass is 19.2. The molecule has 2 aromatic carbocycles. The number of benzene rings is 2. The van der Waals surface area contributed by atoms with E-state index in [9.17, 15) is 18.0 Å². The highest BCUT2D eigenvalue weighted by Gasteiger charge is 2.11. The summed E-state index contributed by atoms with van der Waals surface area (Å²) in [7, 11) is 0. The van der Waals surface area contributed by atoms with E-state index in [1.165, 1.54) is 30.5 Å². The number of carbonyl (C=O) groups is 1. The third-order valence-corrected chi connectivity index (χ3v) is 3.35. The van der Waals surface area contributed by atoms with Crippen molar-refractivity contribution in [2.24, 2.45) is 0 Å². The Kier molecular flexibility index (Phi) is 4.29. The van der Waals surface area contributed by atoms with Gasteiger partial charge in [-0.15, -0.1) is 0 Å². The van der Waals surface area contributed by atoms with Crippen LogP contribution in [0.15, 0.2) is 60.8 Å². The molecule has 1 N–H and O–H groups in total. The van der Waals surface area contributed by atoms with Crippen molar-refractivity contribution in [1.29, 1.82) is 0 Å². The summed E-state index contributed by atoms with van der Waals surface area (Å²) in [4.78, 5) is 16.2. The largest absolute Gasteiger partial charge is 0.322 e. The van der Waals surface area contributed by atoms with Gasteiger partial charge in [0.2, 0.25) is 0 Å². The molecule has 3 nitrogen and oxygen atoms in total. The molecule has 1 amide bonds. The van der Waals surface area contributed by atoms with Crippen molar-refractivity contribution in [2.45, 2.75) is 0 Å². The van der Waals surface area contributed by atoms with E-state index >= 15 is 0 Å². The molecule has 3 rings (SSSR count). The number of anilines is 1. The first-order valence-corrected chi connectivity index (χ1v) is 7.02. The predicted molar refractivity (Wildman–Crippen MR) is 83.9 cm³/mol. The van der Waals surface area contributed by atoms with Gasteiger partial charge in [-0.25, -0.2) is 13.2 Å². The Morgan fingerprint density at radius 1 is 0.875 bits per heavy atom. The average molecular weight is 328 g/mol. The number of aromatic nitrogens is 1. The molecule has 1 heterocycles. The molecular formula is C18H11F3N2O. The monoisotopic (exact) mass is 328 g/mol. The van der Waals surface area contributed by atoms with Gasteiger partial charge in [0.25, 0.3) is 5.91 Å². The van der Waals surface area contributed by atoms with Crippen LogP contribution in [0.3, 0.4) is 0 Å². The Bertz CT molecular complexity index is 895. The Morgan fingerprint density at radius 3 is 2.33 bits per heavy atom. The highest BCUT2D eigenvalue weighted by Crippen LogP contribution is 2.21. The van der Waals surface area contributed by atoms with Crippen LogP contribution in [0.25, 0.3) is 11.3 Å². The minimum atomic E-state index is -1.05. The molecule has 1 aromatic heterocycles. The quantitative estimate of drug-likeness (QED) is 0.773. The maximum atomic E-state index is 13.7. The van der Waals surface area contributed by atoms with Crippen LogP contribution in [0.4, 0.5) is 18.9 Å². The van der Waals surface area contributed by atoms with Gasteiger partial charge >= 0.3 is 0 Å². The second-order valence-corrected chi connectivity index (χ2v) is 4.99. The van der Waals surface area contributed by atoms with Crippen LogP contribution in [0.2, 0.25) is 0 Å². The molecule has 0 atom stereocenters. The molecule has 0 radical (unpaired) electrons. The number of rotatable bonds is 3. The van der Waals surface area contributed by atoms with E-state index in [-0.39, 0.29) is 11.3 Å². The zero-order chi connectivity index (χ0) is 17.1. The number of nitrogens with zero attached hydrogens (tertiary/aromatic N) is 1. The van der Waals surface area contributed by atoms with Crippen LogP contribution in [-0.2, 0) is 0 Å². The molecule has 24 heavy (non-hydrogen) atoms. The van der Waals surface area contributed by atoms with E-state index in [4.69, 9.17) is 0 Å². The number of carbonyl (C=O) groups excluding carboxylic acids is 1. The Balaban J connectivity index is 1.79. The van der Waals surface area contributed by atoms with Crippen LogP contribution >= 0.6 is 0 Å². The lowest BCUT2D eigenvalue weighted by molar-refractivity contribution is 0.102. The molecule has 0 fully saturated rings. The Morgan fingerprint density at radius 2 is 1.67 bits per heavy atom. The van der Waals surface area contributed by atoms with Crippen molar-refractivity contribution in [2.75, 3.05) is 5.32 Å². The normalized spacial score (nSPS) is 10.5. The van der Waals surface area contributed by atoms with E-state index in [0.717, 1.165) is 12.1 Å². The van der Waals surface area contributed by atoms with Gasteiger partial charge in [-0.1, -0.05) is 12.1 Å². The molecule has 0 spiro atoms. The molecule has 0 aliphatic heterocycles. The van der Waals surface area contributed by atoms with Gasteiger partial charge in [0, 0.05) is 23.5 Å². The minimum absolute atomic E-state index is 0.122. The molecular weight excluding hydrogens is 317 g/mol. The summed E-state index contributed by atoms with van der Waals surface area (Å²) < 4.78 is 39.7. The third kappa shape index (κ3) is 3.27. The van der Waals surface area contributed by atoms with Crippen LogP contribution in [0, 0.1) is 17.5 Å². The van der Waals surface area contributed by atoms with Gasteiger partial charge in [0.15, 0.2) is 11.6 Å². The van der Waals surface area contributed by atoms with Gasteiger partial charge in [-0.05, 0) is 36.4 Å². The first-order chi connectivity index (χ1) is 11.5. The van der Waals surface area contributed by atoms with Gasteiger partial charge in [0.05, 0.1) is 11.3 Å². The van der Waals surface area contributed by atoms with Crippen molar-refractivity contribution in [3.05, 3.63) is 83.8 Å². The van der Waals surface area contributed by atoms with Crippen LogP contribution in [0.1, 0.15) is 10.4 Å². The summed E-state index contributed by atoms with van der Waals surface area (Å²) in [5.41, 5.74) is 1.04. The van der Waals surface area contributed by atoms with Gasteiger partial charge in [-0.3, -0.25) is 9.78 Å². The SMILES string of the molecule is O=C(Nc1ccc(F)c(F)c1)c1ccc(-c2ccccc2F)nc1. The fraction of sp³-hybridized carbons (Fsp3) is 0. The molecule has 0 unspecified atom stereocenters. The predicted octanol–water partition coefficient (Wildman–Crippen LogP) is 4.42.